The van der Waals surface area contributed by atoms with Crippen molar-refractivity contribution in [3.8, 4) is 5.75 Å². The molecule has 1 aliphatic rings. The van der Waals surface area contributed by atoms with Crippen molar-refractivity contribution in [3.63, 3.8) is 0 Å². The molecule has 0 unspecified atom stereocenters. The van der Waals surface area contributed by atoms with Crippen LogP contribution in [0.25, 0.3) is 0 Å². The Balaban J connectivity index is 2.53. The summed E-state index contributed by atoms with van der Waals surface area (Å²) in [6.07, 6.45) is 0.916. The van der Waals surface area contributed by atoms with Crippen LogP contribution in [-0.4, -0.2) is 32.8 Å². The quantitative estimate of drug-likeness (QED) is 0.787. The summed E-state index contributed by atoms with van der Waals surface area (Å²) in [6.45, 7) is 6.24. The fourth-order valence-electron chi connectivity index (χ4n) is 3.06. The summed E-state index contributed by atoms with van der Waals surface area (Å²) in [4.78, 5) is 24.8. The second-order valence-electron chi connectivity index (χ2n) is 6.04. The molecule has 0 atom stereocenters. The summed E-state index contributed by atoms with van der Waals surface area (Å²) in [5, 5.41) is 3.08. The molecule has 0 bridgehead atoms. The first-order valence-corrected chi connectivity index (χ1v) is 8.52. The lowest BCUT2D eigenvalue weighted by atomic mass is 9.80. The van der Waals surface area contributed by atoms with Gasteiger partial charge in [-0.3, -0.25) is 0 Å². The predicted molar refractivity (Wildman–Crippen MR) is 97.5 cm³/mol. The molecule has 2 rings (SSSR count). The molecule has 0 fully saturated rings. The fraction of sp³-hybridized carbons (Fsp3) is 0.400. The van der Waals surface area contributed by atoms with Crippen LogP contribution in [0.5, 0.6) is 5.75 Å². The highest BCUT2D eigenvalue weighted by molar-refractivity contribution is 5.99. The highest BCUT2D eigenvalue weighted by atomic mass is 16.5. The number of carbonyl (C=O) groups is 2. The highest BCUT2D eigenvalue weighted by Gasteiger charge is 2.37. The maximum Gasteiger partial charge on any atom is 0.336 e. The van der Waals surface area contributed by atoms with Crippen LogP contribution in [0.2, 0.25) is 0 Å². The van der Waals surface area contributed by atoms with Crippen molar-refractivity contribution in [3.05, 3.63) is 52.4 Å². The zero-order valence-corrected chi connectivity index (χ0v) is 15.8. The molecule has 1 aromatic rings. The maximum atomic E-state index is 12.4. The van der Waals surface area contributed by atoms with E-state index in [1.165, 1.54) is 14.2 Å². The molecule has 6 nitrogen and oxygen atoms in total. The summed E-state index contributed by atoms with van der Waals surface area (Å²) in [6, 6.07) is 7.38. The molecule has 0 spiro atoms. The van der Waals surface area contributed by atoms with Crippen LogP contribution in [0, 0.1) is 0 Å². The second kappa shape index (κ2) is 8.56. The number of ether oxygens (including phenoxy) is 3. The first-order valence-electron chi connectivity index (χ1n) is 8.52. The Hall–Kier alpha value is -2.76. The van der Waals surface area contributed by atoms with Gasteiger partial charge in [0, 0.05) is 11.4 Å². The molecule has 1 aliphatic heterocycles. The molecule has 1 N–H and O–H groups in total. The van der Waals surface area contributed by atoms with Crippen molar-refractivity contribution >= 4 is 11.9 Å². The number of esters is 2. The fourth-order valence-corrected chi connectivity index (χ4v) is 3.06. The third-order valence-electron chi connectivity index (χ3n) is 4.26. The van der Waals surface area contributed by atoms with Crippen LogP contribution in [0.3, 0.4) is 0 Å². The topological polar surface area (TPSA) is 73.9 Å². The number of nitrogens with one attached hydrogen (secondary N) is 1. The van der Waals surface area contributed by atoms with E-state index >= 15 is 0 Å². The van der Waals surface area contributed by atoms with Gasteiger partial charge in [0.2, 0.25) is 0 Å². The molecule has 0 amide bonds. The van der Waals surface area contributed by atoms with Gasteiger partial charge in [-0.05, 0) is 38.0 Å². The van der Waals surface area contributed by atoms with E-state index in [4.69, 9.17) is 14.2 Å². The van der Waals surface area contributed by atoms with Crippen LogP contribution in [0.4, 0.5) is 0 Å². The van der Waals surface area contributed by atoms with Crippen molar-refractivity contribution in [1.29, 1.82) is 0 Å². The number of methoxy groups -OCH3 is 2. The van der Waals surface area contributed by atoms with Gasteiger partial charge in [-0.15, -0.1) is 0 Å². The first-order chi connectivity index (χ1) is 12.4. The van der Waals surface area contributed by atoms with Gasteiger partial charge in [-0.25, -0.2) is 9.59 Å². The molecular weight excluding hydrogens is 334 g/mol. The summed E-state index contributed by atoms with van der Waals surface area (Å²) in [5.41, 5.74) is 2.87. The molecule has 1 heterocycles. The average Bonchev–Trinajstić information content (AvgIpc) is 2.65. The second-order valence-corrected chi connectivity index (χ2v) is 6.04. The number of benzene rings is 1. The Morgan fingerprint density at radius 2 is 1.46 bits per heavy atom. The molecule has 6 heteroatoms. The molecule has 0 saturated heterocycles. The van der Waals surface area contributed by atoms with Crippen molar-refractivity contribution in [2.75, 3.05) is 20.8 Å². The lowest BCUT2D eigenvalue weighted by Gasteiger charge is -2.30. The average molecular weight is 359 g/mol. The van der Waals surface area contributed by atoms with Crippen molar-refractivity contribution in [2.24, 2.45) is 0 Å². The molecule has 1 aromatic carbocycles. The third-order valence-corrected chi connectivity index (χ3v) is 4.26. The number of allylic oxidation sites excluding steroid dienone is 2. The van der Waals surface area contributed by atoms with Crippen LogP contribution >= 0.6 is 0 Å². The number of hydrogen-bond acceptors (Lipinski definition) is 6. The Labute approximate surface area is 153 Å². The Morgan fingerprint density at radius 1 is 0.962 bits per heavy atom. The van der Waals surface area contributed by atoms with Gasteiger partial charge < -0.3 is 19.5 Å². The summed E-state index contributed by atoms with van der Waals surface area (Å²) in [7, 11) is 2.65. The van der Waals surface area contributed by atoms with Gasteiger partial charge in [-0.1, -0.05) is 19.1 Å². The van der Waals surface area contributed by atoms with E-state index in [0.717, 1.165) is 17.7 Å². The number of carbonyl (C=O) groups excluding carboxylic acids is 2. The molecule has 0 radical (unpaired) electrons. The number of hydrogen-bond donors (Lipinski definition) is 1. The minimum absolute atomic E-state index is 0.390. The van der Waals surface area contributed by atoms with Crippen LogP contribution in [0.1, 0.15) is 38.7 Å². The smallest absolute Gasteiger partial charge is 0.336 e. The lowest BCUT2D eigenvalue weighted by molar-refractivity contribution is -0.137. The van der Waals surface area contributed by atoms with Crippen molar-refractivity contribution in [1.82, 2.24) is 5.32 Å². The lowest BCUT2D eigenvalue weighted by Crippen LogP contribution is -2.32. The van der Waals surface area contributed by atoms with Gasteiger partial charge in [0.15, 0.2) is 0 Å². The number of dihydropyridines is 1. The Kier molecular flexibility index (Phi) is 6.44. The van der Waals surface area contributed by atoms with E-state index < -0.39 is 17.9 Å². The zero-order valence-electron chi connectivity index (χ0n) is 15.8. The highest BCUT2D eigenvalue weighted by Crippen LogP contribution is 2.39. The van der Waals surface area contributed by atoms with Gasteiger partial charge in [-0.2, -0.15) is 0 Å². The maximum absolute atomic E-state index is 12.4. The third kappa shape index (κ3) is 3.90. The van der Waals surface area contributed by atoms with Crippen LogP contribution in [-0.2, 0) is 19.1 Å². The van der Waals surface area contributed by atoms with Crippen LogP contribution < -0.4 is 10.1 Å². The molecule has 0 saturated carbocycles. The predicted octanol–water partition coefficient (Wildman–Crippen LogP) is 3.06. The van der Waals surface area contributed by atoms with E-state index in [1.54, 1.807) is 13.8 Å². The minimum Gasteiger partial charge on any atom is -0.494 e. The normalized spacial score (nSPS) is 14.8. The summed E-state index contributed by atoms with van der Waals surface area (Å²) in [5.74, 6) is -0.804. The Morgan fingerprint density at radius 3 is 1.88 bits per heavy atom. The molecule has 140 valence electrons. The summed E-state index contributed by atoms with van der Waals surface area (Å²) < 4.78 is 15.5. The largest absolute Gasteiger partial charge is 0.494 e. The van der Waals surface area contributed by atoms with Gasteiger partial charge in [0.25, 0.3) is 0 Å². The number of rotatable bonds is 6. The zero-order chi connectivity index (χ0) is 19.3. The molecule has 26 heavy (non-hydrogen) atoms. The monoisotopic (exact) mass is 359 g/mol. The molecule has 0 aromatic heterocycles. The van der Waals surface area contributed by atoms with Crippen LogP contribution in [0.15, 0.2) is 46.8 Å². The first kappa shape index (κ1) is 19.6. The van der Waals surface area contributed by atoms with Crippen molar-refractivity contribution in [2.45, 2.75) is 33.1 Å². The minimum atomic E-state index is -0.573. The van der Waals surface area contributed by atoms with E-state index in [-0.39, 0.29) is 0 Å². The SMILES string of the molecule is CCCOc1ccc(C2C(C(=O)OC)=C(C)NC(C)=C2C(=O)OC)cc1. The standard InChI is InChI=1S/C20H25NO5/c1-6-11-26-15-9-7-14(8-10-15)18-16(19(22)24-4)12(2)21-13(3)17(18)20(23)25-5/h7-10,18,21H,6,11H2,1-5H3. The van der Waals surface area contributed by atoms with Gasteiger partial charge in [0.05, 0.1) is 37.9 Å². The van der Waals surface area contributed by atoms with E-state index in [2.05, 4.69) is 5.32 Å². The van der Waals surface area contributed by atoms with E-state index in [1.807, 2.05) is 31.2 Å². The molecular formula is C20H25NO5. The Bertz CT molecular complexity index is 708. The van der Waals surface area contributed by atoms with Gasteiger partial charge in [0.1, 0.15) is 5.75 Å². The van der Waals surface area contributed by atoms with E-state index in [9.17, 15) is 9.59 Å². The van der Waals surface area contributed by atoms with E-state index in [0.29, 0.717) is 29.1 Å². The summed E-state index contributed by atoms with van der Waals surface area (Å²) >= 11 is 0. The van der Waals surface area contributed by atoms with Crippen molar-refractivity contribution < 1.29 is 23.8 Å². The van der Waals surface area contributed by atoms with Gasteiger partial charge >= 0.3 is 11.9 Å². The molecule has 0 aliphatic carbocycles.